The van der Waals surface area contributed by atoms with E-state index in [2.05, 4.69) is 0 Å². The first-order chi connectivity index (χ1) is 13.5. The number of carbonyl (C=O) groups is 2. The lowest BCUT2D eigenvalue weighted by molar-refractivity contribution is -0.126. The van der Waals surface area contributed by atoms with Gasteiger partial charge in [-0.05, 0) is 54.1 Å². The van der Waals surface area contributed by atoms with Crippen LogP contribution < -0.4 is 9.64 Å². The third-order valence-corrected chi connectivity index (χ3v) is 4.85. The number of rotatable bonds is 4. The molecule has 1 heterocycles. The number of urea groups is 1. The van der Waals surface area contributed by atoms with Crippen LogP contribution in [0.15, 0.2) is 78.9 Å². The van der Waals surface area contributed by atoms with E-state index < -0.39 is 6.04 Å². The van der Waals surface area contributed by atoms with Crippen LogP contribution >= 0.6 is 11.6 Å². The number of nitrogens with zero attached hydrogens (tertiary/aromatic N) is 2. The van der Waals surface area contributed by atoms with Crippen molar-refractivity contribution in [2.24, 2.45) is 0 Å². The Kier molecular flexibility index (Phi) is 4.75. The van der Waals surface area contributed by atoms with Gasteiger partial charge in [-0.15, -0.1) is 0 Å². The maximum absolute atomic E-state index is 12.7. The molecule has 0 radical (unpaired) electrons. The Morgan fingerprint density at radius 3 is 2.00 bits per heavy atom. The van der Waals surface area contributed by atoms with Crippen molar-refractivity contribution in [3.8, 4) is 11.5 Å². The van der Waals surface area contributed by atoms with E-state index in [9.17, 15) is 9.59 Å². The van der Waals surface area contributed by atoms with E-state index >= 15 is 0 Å². The Morgan fingerprint density at radius 2 is 1.39 bits per heavy atom. The number of carbonyl (C=O) groups excluding carboxylic acids is 2. The number of ether oxygens (including phenoxy) is 1. The molecule has 140 valence electrons. The molecule has 0 saturated carbocycles. The predicted octanol–water partition coefficient (Wildman–Crippen LogP) is 5.27. The van der Waals surface area contributed by atoms with Crippen LogP contribution in [-0.2, 0) is 4.79 Å². The summed E-state index contributed by atoms with van der Waals surface area (Å²) in [6.07, 6.45) is 0. The second kappa shape index (κ2) is 7.37. The molecule has 0 N–H and O–H groups in total. The third-order valence-electron chi connectivity index (χ3n) is 4.60. The number of hydrogen-bond acceptors (Lipinski definition) is 3. The predicted molar refractivity (Wildman–Crippen MR) is 108 cm³/mol. The van der Waals surface area contributed by atoms with Gasteiger partial charge in [0.2, 0.25) is 0 Å². The molecule has 6 heteroatoms. The average molecular weight is 393 g/mol. The molecule has 3 amide bonds. The first-order valence-electron chi connectivity index (χ1n) is 8.74. The zero-order valence-electron chi connectivity index (χ0n) is 15.1. The van der Waals surface area contributed by atoms with Crippen LogP contribution in [0, 0.1) is 0 Å². The van der Waals surface area contributed by atoms with E-state index in [1.165, 1.54) is 11.9 Å². The summed E-state index contributed by atoms with van der Waals surface area (Å²) in [7, 11) is 1.50. The summed E-state index contributed by atoms with van der Waals surface area (Å²) in [5.41, 5.74) is 1.40. The van der Waals surface area contributed by atoms with E-state index in [1.54, 1.807) is 48.5 Å². The van der Waals surface area contributed by atoms with Crippen LogP contribution in [0.3, 0.4) is 0 Å². The molecule has 1 atom stereocenters. The Bertz CT molecular complexity index is 1000. The Hall–Kier alpha value is -3.31. The normalized spacial score (nSPS) is 16.6. The number of likely N-dealkylation sites (N-methyl/N-ethyl adjacent to an activating group) is 1. The highest BCUT2D eigenvalue weighted by atomic mass is 35.5. The quantitative estimate of drug-likeness (QED) is 0.568. The lowest BCUT2D eigenvalue weighted by Gasteiger charge is -2.22. The first-order valence-corrected chi connectivity index (χ1v) is 9.11. The van der Waals surface area contributed by atoms with Gasteiger partial charge in [-0.2, -0.15) is 0 Å². The first kappa shape index (κ1) is 18.1. The summed E-state index contributed by atoms with van der Waals surface area (Å²) >= 11 is 5.89. The minimum absolute atomic E-state index is 0.252. The molecule has 3 aromatic carbocycles. The van der Waals surface area contributed by atoms with Crippen molar-refractivity contribution in [3.05, 3.63) is 89.4 Å². The molecular formula is C22H17ClN2O3. The molecule has 1 saturated heterocycles. The lowest BCUT2D eigenvalue weighted by atomic mass is 10.1. The molecule has 5 nitrogen and oxygen atoms in total. The van der Waals surface area contributed by atoms with Gasteiger partial charge in [0.05, 0.1) is 0 Å². The molecule has 4 rings (SSSR count). The van der Waals surface area contributed by atoms with Crippen LogP contribution in [-0.4, -0.2) is 23.9 Å². The molecule has 0 spiro atoms. The smallest absolute Gasteiger partial charge is 0.332 e. The lowest BCUT2D eigenvalue weighted by Crippen LogP contribution is -2.30. The summed E-state index contributed by atoms with van der Waals surface area (Å²) in [6.45, 7) is 0. The monoisotopic (exact) mass is 392 g/mol. The summed E-state index contributed by atoms with van der Waals surface area (Å²) in [5, 5.41) is 0.635. The van der Waals surface area contributed by atoms with Crippen LogP contribution in [0.4, 0.5) is 10.5 Å². The van der Waals surface area contributed by atoms with Gasteiger partial charge in [0, 0.05) is 17.8 Å². The largest absolute Gasteiger partial charge is 0.457 e. The zero-order chi connectivity index (χ0) is 19.7. The van der Waals surface area contributed by atoms with Gasteiger partial charge in [0.1, 0.15) is 17.5 Å². The van der Waals surface area contributed by atoms with Gasteiger partial charge in [0.15, 0.2) is 0 Å². The fourth-order valence-corrected chi connectivity index (χ4v) is 3.29. The maximum atomic E-state index is 12.7. The van der Waals surface area contributed by atoms with Crippen LogP contribution in [0.5, 0.6) is 11.5 Å². The van der Waals surface area contributed by atoms with Crippen molar-refractivity contribution in [3.63, 3.8) is 0 Å². The molecule has 0 unspecified atom stereocenters. The fourth-order valence-electron chi connectivity index (χ4n) is 3.16. The van der Waals surface area contributed by atoms with E-state index in [4.69, 9.17) is 16.3 Å². The summed E-state index contributed by atoms with van der Waals surface area (Å²) in [5.74, 6) is 1.03. The highest BCUT2D eigenvalue weighted by molar-refractivity contribution is 6.30. The topological polar surface area (TPSA) is 49.9 Å². The van der Waals surface area contributed by atoms with Crippen molar-refractivity contribution in [1.29, 1.82) is 0 Å². The van der Waals surface area contributed by atoms with E-state index in [1.807, 2.05) is 30.3 Å². The SMILES string of the molecule is CN1C(=O)[C@@H](c2ccccc2)N(c2ccc(Oc3ccc(Cl)cc3)cc2)C1=O. The van der Waals surface area contributed by atoms with E-state index in [-0.39, 0.29) is 11.9 Å². The second-order valence-electron chi connectivity index (χ2n) is 6.41. The number of benzene rings is 3. The van der Waals surface area contributed by atoms with Crippen molar-refractivity contribution >= 4 is 29.2 Å². The van der Waals surface area contributed by atoms with Gasteiger partial charge in [-0.1, -0.05) is 41.9 Å². The molecule has 28 heavy (non-hydrogen) atoms. The molecule has 1 aliphatic rings. The number of imide groups is 1. The highest BCUT2D eigenvalue weighted by Crippen LogP contribution is 2.36. The second-order valence-corrected chi connectivity index (χ2v) is 6.85. The molecule has 1 fully saturated rings. The number of amides is 3. The zero-order valence-corrected chi connectivity index (χ0v) is 15.8. The van der Waals surface area contributed by atoms with E-state index in [0.29, 0.717) is 22.2 Å². The number of hydrogen-bond donors (Lipinski definition) is 0. The average Bonchev–Trinajstić information content (AvgIpc) is 2.95. The van der Waals surface area contributed by atoms with Crippen molar-refractivity contribution in [2.75, 3.05) is 11.9 Å². The Labute approximate surface area is 167 Å². The molecule has 0 aliphatic carbocycles. The molecule has 0 bridgehead atoms. The summed E-state index contributed by atoms with van der Waals surface area (Å²) in [4.78, 5) is 28.0. The molecule has 0 aromatic heterocycles. The van der Waals surface area contributed by atoms with Gasteiger partial charge in [-0.25, -0.2) is 4.79 Å². The van der Waals surface area contributed by atoms with Crippen molar-refractivity contribution in [2.45, 2.75) is 6.04 Å². The van der Waals surface area contributed by atoms with Gasteiger partial charge in [0.25, 0.3) is 5.91 Å². The summed E-state index contributed by atoms with van der Waals surface area (Å²) < 4.78 is 5.79. The standard InChI is InChI=1S/C22H17ClN2O3/c1-24-21(26)20(15-5-3-2-4-6-15)25(22(24)27)17-9-13-19(14-10-17)28-18-11-7-16(23)8-12-18/h2-14,20H,1H3/t20-/m1/s1. The maximum Gasteiger partial charge on any atom is 0.332 e. The van der Waals surface area contributed by atoms with Gasteiger partial charge < -0.3 is 4.74 Å². The molecular weight excluding hydrogens is 376 g/mol. The third kappa shape index (κ3) is 3.32. The van der Waals surface area contributed by atoms with Crippen LogP contribution in [0.2, 0.25) is 5.02 Å². The minimum Gasteiger partial charge on any atom is -0.457 e. The molecule has 1 aliphatic heterocycles. The van der Waals surface area contributed by atoms with Gasteiger partial charge >= 0.3 is 6.03 Å². The van der Waals surface area contributed by atoms with Gasteiger partial charge in [-0.3, -0.25) is 14.6 Å². The number of anilines is 1. The number of halogens is 1. The Morgan fingerprint density at radius 1 is 0.821 bits per heavy atom. The van der Waals surface area contributed by atoms with Crippen LogP contribution in [0.1, 0.15) is 11.6 Å². The fraction of sp³-hybridized carbons (Fsp3) is 0.0909. The van der Waals surface area contributed by atoms with E-state index in [0.717, 1.165) is 10.5 Å². The highest BCUT2D eigenvalue weighted by Gasteiger charge is 2.44. The van der Waals surface area contributed by atoms with Crippen molar-refractivity contribution < 1.29 is 14.3 Å². The van der Waals surface area contributed by atoms with Crippen LogP contribution in [0.25, 0.3) is 0 Å². The van der Waals surface area contributed by atoms with Crippen molar-refractivity contribution in [1.82, 2.24) is 4.90 Å². The summed E-state index contributed by atoms with van der Waals surface area (Å²) in [6, 6.07) is 22.4. The molecule has 3 aromatic rings. The Balaban J connectivity index is 1.62. The minimum atomic E-state index is -0.679.